The van der Waals surface area contributed by atoms with Gasteiger partial charge in [-0.1, -0.05) is 152 Å². The van der Waals surface area contributed by atoms with Gasteiger partial charge in [-0.15, -0.1) is 11.3 Å². The fourth-order valence-electron chi connectivity index (χ4n) is 8.69. The minimum absolute atomic E-state index is 0.0355. The van der Waals surface area contributed by atoms with Crippen molar-refractivity contribution in [2.45, 2.75) is 89.2 Å². The number of aromatic nitrogens is 1. The Hall–Kier alpha value is -6.83. The van der Waals surface area contributed by atoms with Crippen molar-refractivity contribution >= 4 is 35.1 Å². The Morgan fingerprint density at radius 3 is 1.71 bits per heavy atom. The van der Waals surface area contributed by atoms with Crippen LogP contribution in [-0.2, 0) is 82.3 Å². The molecule has 1 spiro atoms. The van der Waals surface area contributed by atoms with Crippen molar-refractivity contribution in [3.05, 3.63) is 196 Å². The minimum atomic E-state index is -1.23. The van der Waals surface area contributed by atoms with E-state index in [1.807, 2.05) is 159 Å². The number of nitrogens with two attached hydrogens (primary N) is 1. The molecule has 0 radical (unpaired) electrons. The van der Waals surface area contributed by atoms with Crippen molar-refractivity contribution in [2.75, 3.05) is 32.8 Å². The lowest BCUT2D eigenvalue weighted by molar-refractivity contribution is -0.189. The highest BCUT2D eigenvalue weighted by molar-refractivity contribution is 7.09. The van der Waals surface area contributed by atoms with Crippen LogP contribution < -0.4 is 11.1 Å². The Bertz CT molecular complexity index is 2660. The van der Waals surface area contributed by atoms with Gasteiger partial charge in [0.05, 0.1) is 65.4 Å². The Morgan fingerprint density at radius 1 is 0.726 bits per heavy atom. The molecule has 73 heavy (non-hydrogen) atoms. The first kappa shape index (κ1) is 52.5. The first-order valence-corrected chi connectivity index (χ1v) is 25.2. The second-order valence-electron chi connectivity index (χ2n) is 17.9. The van der Waals surface area contributed by atoms with Gasteiger partial charge in [0.1, 0.15) is 54.0 Å². The van der Waals surface area contributed by atoms with E-state index in [2.05, 4.69) is 10.3 Å². The normalized spacial score (nSPS) is 16.6. The second-order valence-corrected chi connectivity index (χ2v) is 18.8. The third kappa shape index (κ3) is 15.1. The summed E-state index contributed by atoms with van der Waals surface area (Å²) in [5, 5.41) is 12.8. The van der Waals surface area contributed by atoms with Crippen LogP contribution in [0.1, 0.15) is 51.9 Å². The van der Waals surface area contributed by atoms with Crippen LogP contribution >= 0.6 is 11.3 Å². The van der Waals surface area contributed by atoms with Crippen LogP contribution in [0.2, 0.25) is 0 Å². The molecule has 3 heterocycles. The molecule has 2 saturated heterocycles. The average Bonchev–Trinajstić information content (AvgIpc) is 4.21. The lowest BCUT2D eigenvalue weighted by Crippen LogP contribution is -2.55. The molecule has 5 atom stereocenters. The Labute approximate surface area is 429 Å². The summed E-state index contributed by atoms with van der Waals surface area (Å²) in [6.07, 6.45) is -4.05. The maximum Gasteiger partial charge on any atom is 0.410 e. The van der Waals surface area contributed by atoms with Gasteiger partial charge in [-0.3, -0.25) is 19.9 Å². The van der Waals surface area contributed by atoms with Crippen LogP contribution in [-0.4, -0.2) is 108 Å². The van der Waals surface area contributed by atoms with Gasteiger partial charge in [0.15, 0.2) is 5.79 Å². The molecule has 1 aromatic heterocycles. The first-order chi connectivity index (χ1) is 35.6. The van der Waals surface area contributed by atoms with Crippen LogP contribution in [0.15, 0.2) is 157 Å². The summed E-state index contributed by atoms with van der Waals surface area (Å²) >= 11 is 1.25. The molecule has 382 valence electrons. The fourth-order valence-corrected chi connectivity index (χ4v) is 9.43. The summed E-state index contributed by atoms with van der Waals surface area (Å²) in [6.45, 7) is 2.40. The van der Waals surface area contributed by atoms with Gasteiger partial charge in [-0.05, 0) is 34.7 Å². The highest BCUT2D eigenvalue weighted by atomic mass is 32.1. The van der Waals surface area contributed by atoms with Crippen LogP contribution in [0.25, 0.3) is 0 Å². The highest BCUT2D eigenvalue weighted by Crippen LogP contribution is 2.35. The Morgan fingerprint density at radius 2 is 1.21 bits per heavy atom. The molecule has 5 aromatic carbocycles. The molecule has 16 nitrogen and oxygen atoms in total. The highest BCUT2D eigenvalue weighted by Gasteiger charge is 2.53. The monoisotopic (exact) mass is 1010 g/mol. The lowest BCUT2D eigenvalue weighted by Gasteiger charge is -2.38. The van der Waals surface area contributed by atoms with Crippen molar-refractivity contribution in [3.8, 4) is 0 Å². The standard InChI is InChI=1S/C56H62N6O10S/c1-40(66-33-41-17-7-2-8-18-41)51(68-35-43-21-11-4-12-22-43)52(69-36-44-23-13-5-14-24-44)48(67-34-42-19-9-3-10-20-42)31-61(55(65)70-37-45-25-15-6-16-26-45)32-50(63)62-39-56(71-27-28-72-56)29-47(62)54(64)59-30-49-60-46(38-73-49)53(57)58/h2-26,38,40,47-48,51-52H,27-37,39H2,1H3,(H3,57,58)(H,59,64)/t40-,47-,48-,51-,52-/m0/s1. The van der Waals surface area contributed by atoms with Gasteiger partial charge in [0.2, 0.25) is 11.8 Å². The number of nitrogens with zero attached hydrogens (tertiary/aromatic N) is 3. The average molecular weight is 1010 g/mol. The number of amidine groups is 1. The summed E-state index contributed by atoms with van der Waals surface area (Å²) in [5.41, 5.74) is 10.3. The second kappa shape index (κ2) is 26.2. The molecule has 8 rings (SSSR count). The smallest absolute Gasteiger partial charge is 0.410 e. The summed E-state index contributed by atoms with van der Waals surface area (Å²) in [6, 6.07) is 47.2. The van der Waals surface area contributed by atoms with Crippen LogP contribution in [0.3, 0.4) is 0 Å². The summed E-state index contributed by atoms with van der Waals surface area (Å²) in [5.74, 6) is -2.44. The van der Waals surface area contributed by atoms with Crippen LogP contribution in [0.5, 0.6) is 0 Å². The van der Waals surface area contributed by atoms with E-state index in [1.54, 1.807) is 5.38 Å². The van der Waals surface area contributed by atoms with Gasteiger partial charge < -0.3 is 49.1 Å². The molecule has 0 unspecified atom stereocenters. The van der Waals surface area contributed by atoms with Gasteiger partial charge >= 0.3 is 6.09 Å². The molecule has 0 saturated carbocycles. The van der Waals surface area contributed by atoms with Gasteiger partial charge in [-0.2, -0.15) is 0 Å². The number of hydrogen-bond acceptors (Lipinski definition) is 13. The van der Waals surface area contributed by atoms with Gasteiger partial charge in [0.25, 0.3) is 0 Å². The number of ether oxygens (including phenoxy) is 7. The lowest BCUT2D eigenvalue weighted by atomic mass is 10.0. The predicted octanol–water partition coefficient (Wildman–Crippen LogP) is 7.39. The van der Waals surface area contributed by atoms with Crippen molar-refractivity contribution in [3.63, 3.8) is 0 Å². The van der Waals surface area contributed by atoms with Crippen molar-refractivity contribution in [1.29, 1.82) is 5.41 Å². The number of amides is 3. The van der Waals surface area contributed by atoms with E-state index in [4.69, 9.17) is 44.3 Å². The van der Waals surface area contributed by atoms with E-state index < -0.39 is 60.7 Å². The molecule has 0 bridgehead atoms. The molecule has 17 heteroatoms. The number of carbonyl (C=O) groups is 3. The third-order valence-corrected chi connectivity index (χ3v) is 13.4. The van der Waals surface area contributed by atoms with E-state index in [0.717, 1.165) is 27.8 Å². The maximum absolute atomic E-state index is 15.0. The Balaban J connectivity index is 1.13. The third-order valence-electron chi connectivity index (χ3n) is 12.5. The number of hydrogen-bond donors (Lipinski definition) is 3. The number of likely N-dealkylation sites (tertiary alicyclic amines) is 1. The van der Waals surface area contributed by atoms with E-state index in [1.165, 1.54) is 21.1 Å². The van der Waals surface area contributed by atoms with E-state index in [0.29, 0.717) is 10.7 Å². The van der Waals surface area contributed by atoms with Crippen molar-refractivity contribution in [2.24, 2.45) is 5.73 Å². The number of benzene rings is 5. The number of rotatable bonds is 25. The number of thiazole rings is 1. The molecular formula is C56H62N6O10S. The SMILES string of the molecule is C[C@H](OCc1ccccc1)[C@H](OCc1ccccc1)[C@@H](OCc1ccccc1)[C@H](CN(CC(=O)N1CC2(C[C@H]1C(=O)NCc1nc(C(=N)N)cs1)OCCO2)C(=O)OCc1ccccc1)OCc1ccccc1. The molecular weight excluding hydrogens is 949 g/mol. The topological polar surface area (TPSA) is 197 Å². The maximum atomic E-state index is 15.0. The molecule has 4 N–H and O–H groups in total. The van der Waals surface area contributed by atoms with Gasteiger partial charge in [0, 0.05) is 11.8 Å². The predicted molar refractivity (Wildman–Crippen MR) is 274 cm³/mol. The van der Waals surface area contributed by atoms with Crippen molar-refractivity contribution < 1.29 is 47.5 Å². The zero-order valence-electron chi connectivity index (χ0n) is 40.8. The zero-order valence-corrected chi connectivity index (χ0v) is 41.6. The van der Waals surface area contributed by atoms with Crippen molar-refractivity contribution in [1.82, 2.24) is 20.1 Å². The van der Waals surface area contributed by atoms with Gasteiger partial charge in [-0.25, -0.2) is 9.78 Å². The zero-order chi connectivity index (χ0) is 50.8. The minimum Gasteiger partial charge on any atom is -0.445 e. The van der Waals surface area contributed by atoms with Crippen LogP contribution in [0, 0.1) is 5.41 Å². The molecule has 2 aliphatic rings. The molecule has 0 aliphatic carbocycles. The van der Waals surface area contributed by atoms with Crippen LogP contribution in [0.4, 0.5) is 4.79 Å². The van der Waals surface area contributed by atoms with E-state index >= 15 is 4.79 Å². The van der Waals surface area contributed by atoms with E-state index in [-0.39, 0.29) is 78.1 Å². The molecule has 2 fully saturated rings. The molecule has 2 aliphatic heterocycles. The number of nitrogen functional groups attached to an aromatic ring is 1. The van der Waals surface area contributed by atoms with E-state index in [9.17, 15) is 9.59 Å². The number of nitrogens with one attached hydrogen (secondary N) is 2. The first-order valence-electron chi connectivity index (χ1n) is 24.3. The summed E-state index contributed by atoms with van der Waals surface area (Å²) in [7, 11) is 0. The quantitative estimate of drug-likeness (QED) is 0.0381. The largest absolute Gasteiger partial charge is 0.445 e. The number of carbonyl (C=O) groups excluding carboxylic acids is 3. The Kier molecular flexibility index (Phi) is 18.9. The molecule has 3 amide bonds. The molecule has 6 aromatic rings. The summed E-state index contributed by atoms with van der Waals surface area (Å²) in [4.78, 5) is 51.0. The summed E-state index contributed by atoms with van der Waals surface area (Å²) < 4.78 is 45.6. The fraction of sp³-hybridized carbons (Fsp3) is 0.339.